The number of anilines is 2. The number of thiazole rings is 1. The number of alkyl halides is 3. The summed E-state index contributed by atoms with van der Waals surface area (Å²) in [5, 5.41) is 6.75. The van der Waals surface area contributed by atoms with E-state index < -0.39 is 42.2 Å². The lowest BCUT2D eigenvalue weighted by Crippen LogP contribution is -2.47. The molecule has 1 aliphatic heterocycles. The maximum Gasteiger partial charge on any atom is 0.416 e. The first-order valence-corrected chi connectivity index (χ1v) is 11.4. The lowest BCUT2D eigenvalue weighted by molar-refractivity contribution is -0.153. The summed E-state index contributed by atoms with van der Waals surface area (Å²) >= 11 is 2.91. The summed E-state index contributed by atoms with van der Waals surface area (Å²) in [5.41, 5.74) is -0.511. The molecule has 0 radical (unpaired) electrons. The molecule has 0 saturated heterocycles. The fraction of sp³-hybridized carbons (Fsp3) is 0.238. The second-order valence-corrected chi connectivity index (χ2v) is 8.94. The van der Waals surface area contributed by atoms with Crippen molar-refractivity contribution in [3.8, 4) is 9.88 Å². The predicted molar refractivity (Wildman–Crippen MR) is 117 cm³/mol. The lowest BCUT2D eigenvalue weighted by atomic mass is 10.1. The van der Waals surface area contributed by atoms with Gasteiger partial charge in [0.05, 0.1) is 33.9 Å². The first-order chi connectivity index (χ1) is 15.6. The SMILES string of the molecule is CC(OC(=O)Cc1csc(-c2cccs2)n1)C(=O)N1CC(=O)Nc2cc(C(F)(F)F)ccc21. The van der Waals surface area contributed by atoms with E-state index in [1.165, 1.54) is 29.6 Å². The molecule has 3 aromatic rings. The van der Waals surface area contributed by atoms with Crippen LogP contribution < -0.4 is 10.2 Å². The molecule has 33 heavy (non-hydrogen) atoms. The van der Waals surface area contributed by atoms with Gasteiger partial charge in [-0.25, -0.2) is 4.98 Å². The maximum absolute atomic E-state index is 13.0. The molecule has 2 amide bonds. The molecule has 172 valence electrons. The van der Waals surface area contributed by atoms with Crippen molar-refractivity contribution in [2.45, 2.75) is 25.6 Å². The van der Waals surface area contributed by atoms with Crippen LogP contribution >= 0.6 is 22.7 Å². The molecule has 0 bridgehead atoms. The Morgan fingerprint density at radius 2 is 2.06 bits per heavy atom. The second-order valence-electron chi connectivity index (χ2n) is 7.13. The van der Waals surface area contributed by atoms with E-state index in [1.54, 1.807) is 5.38 Å². The van der Waals surface area contributed by atoms with Gasteiger partial charge in [0.1, 0.15) is 11.6 Å². The lowest BCUT2D eigenvalue weighted by Gasteiger charge is -2.31. The molecule has 0 aliphatic carbocycles. The fourth-order valence-electron chi connectivity index (χ4n) is 3.22. The number of thiophene rings is 1. The Morgan fingerprint density at radius 1 is 1.27 bits per heavy atom. The Bertz CT molecular complexity index is 1210. The highest BCUT2D eigenvalue weighted by molar-refractivity contribution is 7.20. The smallest absolute Gasteiger partial charge is 0.416 e. The molecule has 1 aliphatic rings. The fourth-order valence-corrected chi connectivity index (χ4v) is 4.86. The van der Waals surface area contributed by atoms with Crippen LogP contribution in [0.1, 0.15) is 18.2 Å². The zero-order chi connectivity index (χ0) is 23.8. The minimum absolute atomic E-state index is 0.0931. The highest BCUT2D eigenvalue weighted by Gasteiger charge is 2.35. The Balaban J connectivity index is 1.44. The molecule has 7 nitrogen and oxygen atoms in total. The standard InChI is InChI=1S/C21H16F3N3O4S2/c1-11(31-18(29)8-13-10-33-19(25-13)16-3-2-6-32-16)20(30)27-9-17(28)26-14-7-12(21(22,23)24)4-5-15(14)27/h2-7,10-11H,8-9H2,1H3,(H,26,28). The van der Waals surface area contributed by atoms with Crippen molar-refractivity contribution in [1.29, 1.82) is 0 Å². The van der Waals surface area contributed by atoms with Crippen molar-refractivity contribution in [3.05, 3.63) is 52.3 Å². The highest BCUT2D eigenvalue weighted by atomic mass is 32.1. The number of nitrogens with zero attached hydrogens (tertiary/aromatic N) is 2. The monoisotopic (exact) mass is 495 g/mol. The number of aromatic nitrogens is 1. The van der Waals surface area contributed by atoms with Crippen LogP contribution in [0.15, 0.2) is 41.1 Å². The molecule has 2 aromatic heterocycles. The number of fused-ring (bicyclic) bond motifs is 1. The zero-order valence-corrected chi connectivity index (χ0v) is 18.6. The molecule has 1 atom stereocenters. The van der Waals surface area contributed by atoms with Crippen LogP contribution in [0, 0.1) is 0 Å². The van der Waals surface area contributed by atoms with Gasteiger partial charge in [0.15, 0.2) is 6.10 Å². The summed E-state index contributed by atoms with van der Waals surface area (Å²) in [6, 6.07) is 6.49. The van der Waals surface area contributed by atoms with Gasteiger partial charge in [-0.05, 0) is 36.6 Å². The topological polar surface area (TPSA) is 88.6 Å². The van der Waals surface area contributed by atoms with Gasteiger partial charge in [-0.2, -0.15) is 13.2 Å². The van der Waals surface area contributed by atoms with Gasteiger partial charge in [0.2, 0.25) is 5.91 Å². The number of hydrogen-bond donors (Lipinski definition) is 1. The molecule has 0 spiro atoms. The molecular formula is C21H16F3N3O4S2. The minimum atomic E-state index is -4.60. The number of benzene rings is 1. The molecule has 1 unspecified atom stereocenters. The number of halogens is 3. The van der Waals surface area contributed by atoms with Gasteiger partial charge in [0.25, 0.3) is 5.91 Å². The molecule has 0 fully saturated rings. The number of nitrogens with one attached hydrogen (secondary N) is 1. The average Bonchev–Trinajstić information content (AvgIpc) is 3.43. The summed E-state index contributed by atoms with van der Waals surface area (Å²) < 4.78 is 44.2. The third kappa shape index (κ3) is 5.06. The second kappa shape index (κ2) is 8.94. The molecule has 1 aromatic carbocycles. The first kappa shape index (κ1) is 22.9. The molecular weight excluding hydrogens is 479 g/mol. The third-order valence-corrected chi connectivity index (χ3v) is 6.65. The van der Waals surface area contributed by atoms with E-state index in [-0.39, 0.29) is 17.8 Å². The van der Waals surface area contributed by atoms with E-state index in [4.69, 9.17) is 4.74 Å². The van der Waals surface area contributed by atoms with Crippen molar-refractivity contribution in [3.63, 3.8) is 0 Å². The van der Waals surface area contributed by atoms with Gasteiger partial charge >= 0.3 is 12.1 Å². The first-order valence-electron chi connectivity index (χ1n) is 9.62. The van der Waals surface area contributed by atoms with Gasteiger partial charge in [-0.15, -0.1) is 22.7 Å². The number of carbonyl (C=O) groups is 3. The molecule has 1 N–H and O–H groups in total. The maximum atomic E-state index is 13.0. The predicted octanol–water partition coefficient (Wildman–Crippen LogP) is 4.35. The van der Waals surface area contributed by atoms with Crippen LogP contribution in [0.4, 0.5) is 24.5 Å². The number of carbonyl (C=O) groups excluding carboxylic acids is 3. The van der Waals surface area contributed by atoms with E-state index in [0.717, 1.165) is 33.0 Å². The van der Waals surface area contributed by atoms with Gasteiger partial charge < -0.3 is 10.1 Å². The van der Waals surface area contributed by atoms with E-state index in [9.17, 15) is 27.6 Å². The van der Waals surface area contributed by atoms with E-state index in [2.05, 4.69) is 10.3 Å². The number of rotatable bonds is 5. The number of ether oxygens (including phenoxy) is 1. The van der Waals surface area contributed by atoms with Crippen LogP contribution in [0.3, 0.4) is 0 Å². The summed E-state index contributed by atoms with van der Waals surface area (Å²) in [5.74, 6) is -2.07. The Kier molecular flexibility index (Phi) is 6.21. The van der Waals surface area contributed by atoms with Crippen molar-refractivity contribution in [2.75, 3.05) is 16.8 Å². The number of amides is 2. The van der Waals surface area contributed by atoms with Crippen molar-refractivity contribution >= 4 is 51.8 Å². The van der Waals surface area contributed by atoms with E-state index in [0.29, 0.717) is 5.69 Å². The summed E-state index contributed by atoms with van der Waals surface area (Å²) in [6.45, 7) is 0.934. The van der Waals surface area contributed by atoms with Gasteiger partial charge in [-0.3, -0.25) is 19.3 Å². The normalized spacial score (nSPS) is 14.4. The van der Waals surface area contributed by atoms with Crippen molar-refractivity contribution in [1.82, 2.24) is 4.98 Å². The molecule has 4 rings (SSSR count). The molecule has 12 heteroatoms. The van der Waals surface area contributed by atoms with Gasteiger partial charge in [-0.1, -0.05) is 6.07 Å². The Morgan fingerprint density at radius 3 is 2.76 bits per heavy atom. The van der Waals surface area contributed by atoms with E-state index >= 15 is 0 Å². The molecule has 3 heterocycles. The Hall–Kier alpha value is -3.25. The zero-order valence-electron chi connectivity index (χ0n) is 17.0. The third-order valence-electron chi connectivity index (χ3n) is 4.72. The number of hydrogen-bond acceptors (Lipinski definition) is 7. The van der Waals surface area contributed by atoms with Crippen LogP contribution in [-0.2, 0) is 31.7 Å². The van der Waals surface area contributed by atoms with Crippen LogP contribution in [0.2, 0.25) is 0 Å². The minimum Gasteiger partial charge on any atom is -0.452 e. The summed E-state index contributed by atoms with van der Waals surface area (Å²) in [7, 11) is 0. The quantitative estimate of drug-likeness (QED) is 0.532. The highest BCUT2D eigenvalue weighted by Crippen LogP contribution is 2.37. The summed E-state index contributed by atoms with van der Waals surface area (Å²) in [4.78, 5) is 43.6. The average molecular weight is 496 g/mol. The molecule has 0 saturated carbocycles. The Labute approximate surface area is 193 Å². The number of esters is 1. The van der Waals surface area contributed by atoms with Crippen LogP contribution in [0.25, 0.3) is 9.88 Å². The van der Waals surface area contributed by atoms with Gasteiger partial charge in [0, 0.05) is 5.38 Å². The van der Waals surface area contributed by atoms with Crippen molar-refractivity contribution < 1.29 is 32.3 Å². The van der Waals surface area contributed by atoms with E-state index in [1.807, 2.05) is 17.5 Å². The summed E-state index contributed by atoms with van der Waals surface area (Å²) in [6.07, 6.45) is -6.01. The van der Waals surface area contributed by atoms with Crippen LogP contribution in [-0.4, -0.2) is 35.4 Å². The largest absolute Gasteiger partial charge is 0.452 e. The van der Waals surface area contributed by atoms with Crippen LogP contribution in [0.5, 0.6) is 0 Å². The van der Waals surface area contributed by atoms with Crippen molar-refractivity contribution in [2.24, 2.45) is 0 Å².